The molecule has 2 heterocycles. The van der Waals surface area contributed by atoms with Crippen molar-refractivity contribution in [2.24, 2.45) is 0 Å². The zero-order valence-corrected chi connectivity index (χ0v) is 13.7. The van der Waals surface area contributed by atoms with Crippen LogP contribution < -0.4 is 5.73 Å². The average molecular weight is 310 g/mol. The highest BCUT2D eigenvalue weighted by Gasteiger charge is 2.33. The Morgan fingerprint density at radius 2 is 2.09 bits per heavy atom. The first kappa shape index (κ1) is 14.3. The third-order valence-corrected chi connectivity index (χ3v) is 4.97. The number of aryl methyl sites for hydroxylation is 1. The highest BCUT2D eigenvalue weighted by atomic mass is 16.2. The zero-order valence-electron chi connectivity index (χ0n) is 13.7. The lowest BCUT2D eigenvalue weighted by Gasteiger charge is -2.28. The molecule has 1 fully saturated rings. The van der Waals surface area contributed by atoms with E-state index in [0.717, 1.165) is 41.3 Å². The lowest BCUT2D eigenvalue weighted by molar-refractivity contribution is -0.130. The summed E-state index contributed by atoms with van der Waals surface area (Å²) < 4.78 is 2.35. The van der Waals surface area contributed by atoms with Gasteiger partial charge in [0.25, 0.3) is 0 Å². The van der Waals surface area contributed by atoms with Crippen LogP contribution in [-0.2, 0) is 17.9 Å². The quantitative estimate of drug-likeness (QED) is 0.867. The summed E-state index contributed by atoms with van der Waals surface area (Å²) in [6.07, 6.45) is 2.46. The summed E-state index contributed by atoms with van der Waals surface area (Å²) in [5, 5.41) is 0. The predicted molar refractivity (Wildman–Crippen MR) is 89.9 cm³/mol. The van der Waals surface area contributed by atoms with Crippen molar-refractivity contribution < 1.29 is 4.79 Å². The Balaban J connectivity index is 1.83. The normalized spacial score (nSPS) is 17.2. The van der Waals surface area contributed by atoms with Crippen LogP contribution in [0.3, 0.4) is 0 Å². The molecule has 120 valence electrons. The van der Waals surface area contributed by atoms with E-state index < -0.39 is 0 Å². The minimum Gasteiger partial charge on any atom is -0.399 e. The highest BCUT2D eigenvalue weighted by molar-refractivity contribution is 5.74. The van der Waals surface area contributed by atoms with E-state index in [9.17, 15) is 4.79 Å². The molecule has 2 aromatic rings. The largest absolute Gasteiger partial charge is 0.399 e. The van der Waals surface area contributed by atoms with Gasteiger partial charge in [-0.25, -0.2) is 4.98 Å². The Labute approximate surface area is 136 Å². The molecule has 2 N–H and O–H groups in total. The molecule has 0 saturated heterocycles. The maximum Gasteiger partial charge on any atom is 0.219 e. The number of imidazole rings is 1. The van der Waals surface area contributed by atoms with E-state index in [4.69, 9.17) is 10.7 Å². The van der Waals surface area contributed by atoms with Crippen LogP contribution in [-0.4, -0.2) is 26.9 Å². The molecule has 0 unspecified atom stereocenters. The molecule has 0 spiro atoms. The Hall–Kier alpha value is -2.30. The molecular formula is C18H22N4O. The summed E-state index contributed by atoms with van der Waals surface area (Å²) in [5.41, 5.74) is 11.1. The number of fused-ring (bicyclic) bond motifs is 1. The van der Waals surface area contributed by atoms with Gasteiger partial charge in [0.2, 0.25) is 5.91 Å². The van der Waals surface area contributed by atoms with Crippen molar-refractivity contribution in [1.29, 1.82) is 0 Å². The van der Waals surface area contributed by atoms with E-state index >= 15 is 0 Å². The second kappa shape index (κ2) is 5.11. The Morgan fingerprint density at radius 1 is 1.30 bits per heavy atom. The molecule has 2 aliphatic rings. The molecule has 1 aromatic heterocycles. The number of hydrogen-bond donors (Lipinski definition) is 1. The van der Waals surface area contributed by atoms with Gasteiger partial charge in [-0.1, -0.05) is 6.07 Å². The fourth-order valence-electron chi connectivity index (χ4n) is 3.37. The van der Waals surface area contributed by atoms with Crippen LogP contribution in [0.4, 0.5) is 5.69 Å². The topological polar surface area (TPSA) is 64.2 Å². The van der Waals surface area contributed by atoms with Crippen molar-refractivity contribution in [2.45, 2.75) is 45.7 Å². The van der Waals surface area contributed by atoms with Crippen molar-refractivity contribution in [3.63, 3.8) is 0 Å². The van der Waals surface area contributed by atoms with E-state index in [1.54, 1.807) is 6.92 Å². The number of aromatic nitrogens is 2. The molecule has 0 bridgehead atoms. The van der Waals surface area contributed by atoms with Crippen LogP contribution in [0.2, 0.25) is 0 Å². The SMILES string of the molecule is CC(=O)N1CCn2c(C3CC3)nc(-c3ccc(N)c(C)c3)c2C1. The van der Waals surface area contributed by atoms with Gasteiger partial charge in [-0.3, -0.25) is 4.79 Å². The first-order chi connectivity index (χ1) is 11.0. The number of amides is 1. The van der Waals surface area contributed by atoms with E-state index in [1.807, 2.05) is 24.0 Å². The smallest absolute Gasteiger partial charge is 0.219 e. The third kappa shape index (κ3) is 2.40. The molecular weight excluding hydrogens is 288 g/mol. The standard InChI is InChI=1S/C18H22N4O/c1-11-9-14(5-6-15(11)19)17-16-10-21(12(2)23)7-8-22(16)18(20-17)13-3-4-13/h5-6,9,13H,3-4,7-8,10,19H2,1-2H3. The van der Waals surface area contributed by atoms with Gasteiger partial charge in [0.1, 0.15) is 5.82 Å². The van der Waals surface area contributed by atoms with Crippen LogP contribution in [0, 0.1) is 6.92 Å². The summed E-state index contributed by atoms with van der Waals surface area (Å²) >= 11 is 0. The van der Waals surface area contributed by atoms with Crippen LogP contribution >= 0.6 is 0 Å². The molecule has 0 atom stereocenters. The number of nitrogen functional groups attached to an aromatic ring is 1. The molecule has 1 aliphatic carbocycles. The van der Waals surface area contributed by atoms with Gasteiger partial charge in [-0.05, 0) is 37.5 Å². The molecule has 4 rings (SSSR count). The molecule has 0 radical (unpaired) electrons. The van der Waals surface area contributed by atoms with Gasteiger partial charge in [-0.15, -0.1) is 0 Å². The first-order valence-electron chi connectivity index (χ1n) is 8.26. The predicted octanol–water partition coefficient (Wildman–Crippen LogP) is 2.68. The van der Waals surface area contributed by atoms with Gasteiger partial charge in [0.15, 0.2) is 0 Å². The van der Waals surface area contributed by atoms with E-state index in [2.05, 4.69) is 10.6 Å². The number of carbonyl (C=O) groups is 1. The fourth-order valence-corrected chi connectivity index (χ4v) is 3.37. The third-order valence-electron chi connectivity index (χ3n) is 4.97. The van der Waals surface area contributed by atoms with Crippen molar-refractivity contribution in [1.82, 2.24) is 14.5 Å². The van der Waals surface area contributed by atoms with E-state index in [0.29, 0.717) is 12.5 Å². The number of carbonyl (C=O) groups excluding carboxylic acids is 1. The zero-order chi connectivity index (χ0) is 16.1. The van der Waals surface area contributed by atoms with Crippen LogP contribution in [0.15, 0.2) is 18.2 Å². The summed E-state index contributed by atoms with van der Waals surface area (Å²) in [6, 6.07) is 6.08. The van der Waals surface area contributed by atoms with Gasteiger partial charge in [-0.2, -0.15) is 0 Å². The van der Waals surface area contributed by atoms with Gasteiger partial charge >= 0.3 is 0 Å². The molecule has 5 nitrogen and oxygen atoms in total. The number of nitrogens with two attached hydrogens (primary N) is 1. The maximum absolute atomic E-state index is 11.8. The number of rotatable bonds is 2. The number of hydrogen-bond acceptors (Lipinski definition) is 3. The molecule has 1 aromatic carbocycles. The van der Waals surface area contributed by atoms with Gasteiger partial charge in [0, 0.05) is 37.2 Å². The van der Waals surface area contributed by atoms with Crippen LogP contribution in [0.1, 0.15) is 42.8 Å². The van der Waals surface area contributed by atoms with E-state index in [-0.39, 0.29) is 5.91 Å². The minimum absolute atomic E-state index is 0.129. The first-order valence-corrected chi connectivity index (χ1v) is 8.26. The van der Waals surface area contributed by atoms with Crippen molar-refractivity contribution in [2.75, 3.05) is 12.3 Å². The average Bonchev–Trinajstić information content (AvgIpc) is 3.30. The molecule has 23 heavy (non-hydrogen) atoms. The monoisotopic (exact) mass is 310 g/mol. The molecule has 1 aliphatic heterocycles. The van der Waals surface area contributed by atoms with Crippen molar-refractivity contribution >= 4 is 11.6 Å². The van der Waals surface area contributed by atoms with Gasteiger partial charge in [0.05, 0.1) is 17.9 Å². The van der Waals surface area contributed by atoms with Crippen LogP contribution in [0.5, 0.6) is 0 Å². The van der Waals surface area contributed by atoms with Crippen molar-refractivity contribution in [3.8, 4) is 11.3 Å². The summed E-state index contributed by atoms with van der Waals surface area (Å²) in [7, 11) is 0. The minimum atomic E-state index is 0.129. The fraction of sp³-hybridized carbons (Fsp3) is 0.444. The second-order valence-corrected chi connectivity index (χ2v) is 6.70. The molecule has 5 heteroatoms. The summed E-state index contributed by atoms with van der Waals surface area (Å²) in [5.74, 6) is 1.93. The second-order valence-electron chi connectivity index (χ2n) is 6.70. The lowest BCUT2D eigenvalue weighted by atomic mass is 10.1. The highest BCUT2D eigenvalue weighted by Crippen LogP contribution is 2.42. The Bertz CT molecular complexity index is 789. The Kier molecular flexibility index (Phi) is 3.18. The number of benzene rings is 1. The summed E-state index contributed by atoms with van der Waals surface area (Å²) in [4.78, 5) is 18.7. The lowest BCUT2D eigenvalue weighted by Crippen LogP contribution is -2.37. The van der Waals surface area contributed by atoms with Crippen molar-refractivity contribution in [3.05, 3.63) is 35.3 Å². The van der Waals surface area contributed by atoms with Crippen LogP contribution in [0.25, 0.3) is 11.3 Å². The Morgan fingerprint density at radius 3 is 2.74 bits per heavy atom. The summed E-state index contributed by atoms with van der Waals surface area (Å²) in [6.45, 7) is 5.93. The maximum atomic E-state index is 11.8. The molecule has 1 amide bonds. The molecule has 1 saturated carbocycles. The van der Waals surface area contributed by atoms with E-state index in [1.165, 1.54) is 18.7 Å². The number of nitrogens with zero attached hydrogens (tertiary/aromatic N) is 3. The number of anilines is 1. The van der Waals surface area contributed by atoms with Gasteiger partial charge < -0.3 is 15.2 Å².